The molecule has 0 unspecified atom stereocenters. The van der Waals surface area contributed by atoms with Crippen molar-refractivity contribution in [1.82, 2.24) is 0 Å². The highest BCUT2D eigenvalue weighted by atomic mass is 16.3. The molecule has 5 nitrogen and oxygen atoms in total. The predicted octanol–water partition coefficient (Wildman–Crippen LogP) is 3.42. The average molecular weight is 359 g/mol. The Kier molecular flexibility index (Phi) is 24.3. The number of hydrogen-bond donors (Lipinski definition) is 4. The molecule has 6 N–H and O–H groups in total. The summed E-state index contributed by atoms with van der Waals surface area (Å²) in [4.78, 5) is 10.6. The molecule has 1 atom stereocenters. The van der Waals surface area contributed by atoms with Gasteiger partial charge in [0.05, 0.1) is 12.7 Å². The number of primary amides is 1. The van der Waals surface area contributed by atoms with Gasteiger partial charge in [0.15, 0.2) is 0 Å². The third-order valence-corrected chi connectivity index (χ3v) is 3.89. The third kappa shape index (κ3) is 28.2. The van der Waals surface area contributed by atoms with Crippen LogP contribution in [0.4, 0.5) is 0 Å². The second kappa shape index (κ2) is 23.1. The molecule has 0 spiro atoms. The summed E-state index contributed by atoms with van der Waals surface area (Å²) in [5.74, 6) is -0.189. The number of carbonyl (C=O) groups is 1. The zero-order valence-electron chi connectivity index (χ0n) is 16.3. The molecule has 0 saturated heterocycles. The van der Waals surface area contributed by atoms with E-state index in [-0.39, 0.29) is 18.6 Å². The monoisotopic (exact) mass is 358 g/mol. The van der Waals surface area contributed by atoms with Crippen LogP contribution < -0.4 is 11.5 Å². The highest BCUT2D eigenvalue weighted by Crippen LogP contribution is 2.10. The zero-order chi connectivity index (χ0) is 19.2. The maximum atomic E-state index is 10.6. The lowest BCUT2D eigenvalue weighted by Gasteiger charge is -2.07. The summed E-state index contributed by atoms with van der Waals surface area (Å²) >= 11 is 0. The number of aliphatic hydroxyl groups excluding tert-OH is 2. The Bertz CT molecular complexity index is 295. The molecule has 0 aliphatic heterocycles. The van der Waals surface area contributed by atoms with E-state index in [4.69, 9.17) is 16.6 Å². The Morgan fingerprint density at radius 3 is 2.20 bits per heavy atom. The zero-order valence-corrected chi connectivity index (χ0v) is 16.3. The molecule has 0 rings (SSSR count). The van der Waals surface area contributed by atoms with Crippen molar-refractivity contribution < 1.29 is 15.0 Å². The van der Waals surface area contributed by atoms with Gasteiger partial charge in [0.2, 0.25) is 5.91 Å². The Morgan fingerprint density at radius 1 is 1.00 bits per heavy atom. The van der Waals surface area contributed by atoms with Crippen LogP contribution in [0.5, 0.6) is 0 Å². The molecule has 5 heteroatoms. The van der Waals surface area contributed by atoms with Gasteiger partial charge in [-0.2, -0.15) is 0 Å². The predicted molar refractivity (Wildman–Crippen MR) is 106 cm³/mol. The van der Waals surface area contributed by atoms with Gasteiger partial charge in [-0.15, -0.1) is 0 Å². The first-order valence-corrected chi connectivity index (χ1v) is 10.0. The summed E-state index contributed by atoms with van der Waals surface area (Å²) in [5, 5.41) is 17.6. The largest absolute Gasteiger partial charge is 0.395 e. The minimum Gasteiger partial charge on any atom is -0.395 e. The molecule has 0 fully saturated rings. The van der Waals surface area contributed by atoms with Crippen molar-refractivity contribution in [1.29, 1.82) is 0 Å². The van der Waals surface area contributed by atoms with Crippen LogP contribution >= 0.6 is 0 Å². The second-order valence-corrected chi connectivity index (χ2v) is 6.50. The highest BCUT2D eigenvalue weighted by Gasteiger charge is 2.00. The molecule has 1 amide bonds. The van der Waals surface area contributed by atoms with Crippen molar-refractivity contribution >= 4 is 5.91 Å². The van der Waals surface area contributed by atoms with E-state index in [1.165, 1.54) is 38.5 Å². The Morgan fingerprint density at radius 2 is 1.60 bits per heavy atom. The van der Waals surface area contributed by atoms with Crippen molar-refractivity contribution in [3.8, 4) is 0 Å². The number of hydrogen-bond acceptors (Lipinski definition) is 4. The number of aliphatic hydroxyl groups is 2. The van der Waals surface area contributed by atoms with Gasteiger partial charge in [-0.1, -0.05) is 64.0 Å². The van der Waals surface area contributed by atoms with E-state index in [1.807, 2.05) is 0 Å². The van der Waals surface area contributed by atoms with E-state index in [0.717, 1.165) is 38.5 Å². The van der Waals surface area contributed by atoms with Gasteiger partial charge in [0.25, 0.3) is 0 Å². The number of carbonyl (C=O) groups excluding carboxylic acids is 1. The van der Waals surface area contributed by atoms with Crippen LogP contribution in [0, 0.1) is 0 Å². The highest BCUT2D eigenvalue weighted by molar-refractivity contribution is 5.73. The molecule has 0 aliphatic carbocycles. The Labute approximate surface area is 154 Å². The average Bonchev–Trinajstić information content (AvgIpc) is 2.60. The van der Waals surface area contributed by atoms with Gasteiger partial charge in [-0.3, -0.25) is 4.79 Å². The molecule has 0 aromatic heterocycles. The standard InChI is InChI=1S/C18H35NO2.C2H7NO/c1-2-3-4-11-14-17(20)15-12-9-7-5-6-8-10-13-16-18(19)21;3-1-2-4/h9,12,17,20H,2-8,10-11,13-16H2,1H3,(H2,19,21);4H,1-3H2/b12-9-;/t17-;/m1./s1. The fraction of sp³-hybridized carbons (Fsp3) is 0.850. The van der Waals surface area contributed by atoms with Crippen LogP contribution in [-0.4, -0.2) is 35.4 Å². The van der Waals surface area contributed by atoms with Crippen LogP contribution in [0.1, 0.15) is 90.4 Å². The van der Waals surface area contributed by atoms with Gasteiger partial charge < -0.3 is 21.7 Å². The third-order valence-electron chi connectivity index (χ3n) is 3.89. The first-order chi connectivity index (χ1) is 12.1. The fourth-order valence-corrected chi connectivity index (χ4v) is 2.39. The number of nitrogens with two attached hydrogens (primary N) is 2. The van der Waals surface area contributed by atoms with Crippen LogP contribution in [0.2, 0.25) is 0 Å². The Hall–Kier alpha value is -0.910. The topological polar surface area (TPSA) is 110 Å². The molecular weight excluding hydrogens is 316 g/mol. The normalized spacial score (nSPS) is 12.0. The summed E-state index contributed by atoms with van der Waals surface area (Å²) in [5.41, 5.74) is 9.87. The van der Waals surface area contributed by atoms with E-state index in [9.17, 15) is 9.90 Å². The number of allylic oxidation sites excluding steroid dienone is 1. The molecule has 0 aromatic rings. The number of rotatable bonds is 16. The van der Waals surface area contributed by atoms with Crippen LogP contribution in [0.3, 0.4) is 0 Å². The molecule has 0 saturated carbocycles. The van der Waals surface area contributed by atoms with E-state index in [2.05, 4.69) is 19.1 Å². The van der Waals surface area contributed by atoms with E-state index in [1.54, 1.807) is 0 Å². The van der Waals surface area contributed by atoms with Crippen molar-refractivity contribution in [2.75, 3.05) is 13.2 Å². The van der Waals surface area contributed by atoms with Crippen molar-refractivity contribution in [2.24, 2.45) is 11.5 Å². The summed E-state index contributed by atoms with van der Waals surface area (Å²) in [6, 6.07) is 0. The molecule has 0 heterocycles. The molecule has 0 aliphatic rings. The maximum absolute atomic E-state index is 10.6. The smallest absolute Gasteiger partial charge is 0.217 e. The summed E-state index contributed by atoms with van der Waals surface area (Å²) < 4.78 is 0. The van der Waals surface area contributed by atoms with Gasteiger partial charge in [0, 0.05) is 13.0 Å². The van der Waals surface area contributed by atoms with Gasteiger partial charge in [-0.25, -0.2) is 0 Å². The first kappa shape index (κ1) is 26.3. The minimum atomic E-state index is -0.189. The number of unbranched alkanes of at least 4 members (excludes halogenated alkanes) is 8. The van der Waals surface area contributed by atoms with Crippen LogP contribution in [0.25, 0.3) is 0 Å². The van der Waals surface area contributed by atoms with Gasteiger partial charge >= 0.3 is 0 Å². The van der Waals surface area contributed by atoms with Crippen molar-refractivity contribution in [3.05, 3.63) is 12.2 Å². The van der Waals surface area contributed by atoms with Gasteiger partial charge in [-0.05, 0) is 32.1 Å². The minimum absolute atomic E-state index is 0.0972. The summed E-state index contributed by atoms with van der Waals surface area (Å²) in [7, 11) is 0. The van der Waals surface area contributed by atoms with E-state index >= 15 is 0 Å². The first-order valence-electron chi connectivity index (χ1n) is 10.0. The molecule has 0 bridgehead atoms. The maximum Gasteiger partial charge on any atom is 0.217 e. The van der Waals surface area contributed by atoms with Crippen molar-refractivity contribution in [2.45, 2.75) is 96.5 Å². The lowest BCUT2D eigenvalue weighted by Crippen LogP contribution is -2.09. The van der Waals surface area contributed by atoms with Crippen LogP contribution in [0.15, 0.2) is 12.2 Å². The van der Waals surface area contributed by atoms with E-state index < -0.39 is 0 Å². The summed E-state index contributed by atoms with van der Waals surface area (Å²) in [6.07, 6.45) is 18.0. The van der Waals surface area contributed by atoms with Crippen LogP contribution in [-0.2, 0) is 4.79 Å². The summed E-state index contributed by atoms with van der Waals surface area (Å²) in [6.45, 7) is 2.68. The molecule has 25 heavy (non-hydrogen) atoms. The molecule has 0 radical (unpaired) electrons. The quantitative estimate of drug-likeness (QED) is 0.250. The molecule has 0 aromatic carbocycles. The fourth-order valence-electron chi connectivity index (χ4n) is 2.39. The number of amides is 1. The van der Waals surface area contributed by atoms with E-state index in [0.29, 0.717) is 13.0 Å². The Balaban J connectivity index is 0. The second-order valence-electron chi connectivity index (χ2n) is 6.50. The van der Waals surface area contributed by atoms with Crippen molar-refractivity contribution in [3.63, 3.8) is 0 Å². The van der Waals surface area contributed by atoms with Gasteiger partial charge in [0.1, 0.15) is 0 Å². The molecular formula is C20H42N2O3. The molecule has 150 valence electrons. The lowest BCUT2D eigenvalue weighted by atomic mass is 10.1. The lowest BCUT2D eigenvalue weighted by molar-refractivity contribution is -0.118. The SMILES string of the molecule is CCCCCC[C@@H](O)C/C=C\CCCCCCCC(N)=O.NCCO.